The van der Waals surface area contributed by atoms with E-state index in [1.807, 2.05) is 27.7 Å². The van der Waals surface area contributed by atoms with E-state index in [0.717, 1.165) is 12.8 Å². The first kappa shape index (κ1) is 22.1. The molecule has 1 heterocycles. The highest BCUT2D eigenvalue weighted by atomic mass is 35.5. The van der Waals surface area contributed by atoms with Crippen LogP contribution in [0, 0.1) is 5.82 Å². The summed E-state index contributed by atoms with van der Waals surface area (Å²) in [4.78, 5) is 16.7. The molecule has 26 heavy (non-hydrogen) atoms. The summed E-state index contributed by atoms with van der Waals surface area (Å²) >= 11 is 0. The number of carbonyl (C=O) groups excluding carboxylic acids is 1. The Balaban J connectivity index is 0.00000338. The predicted molar refractivity (Wildman–Crippen MR) is 102 cm³/mol. The highest BCUT2D eigenvalue weighted by molar-refractivity contribution is 5.90. The van der Waals surface area contributed by atoms with Gasteiger partial charge in [-0.1, -0.05) is 39.8 Å². The number of benzene rings is 1. The SMILES string of the molecule is CCC(N)(CC)CNC(=O)c1nc(C(C)C)n(-c2ccccc2F)n1.Cl. The van der Waals surface area contributed by atoms with E-state index in [9.17, 15) is 9.18 Å². The molecular formula is C18H27ClFN5O. The van der Waals surface area contributed by atoms with Gasteiger partial charge in [0.05, 0.1) is 0 Å². The van der Waals surface area contributed by atoms with E-state index >= 15 is 0 Å². The second-order valence-electron chi connectivity index (χ2n) is 6.56. The molecule has 6 nitrogen and oxygen atoms in total. The summed E-state index contributed by atoms with van der Waals surface area (Å²) in [6.45, 7) is 8.14. The molecule has 8 heteroatoms. The zero-order chi connectivity index (χ0) is 18.6. The minimum atomic E-state index is -0.454. The molecule has 2 aromatic rings. The molecule has 0 fully saturated rings. The van der Waals surface area contributed by atoms with Crippen LogP contribution < -0.4 is 11.1 Å². The number of halogens is 2. The lowest BCUT2D eigenvalue weighted by Crippen LogP contribution is -2.49. The van der Waals surface area contributed by atoms with Crippen LogP contribution in [0.4, 0.5) is 4.39 Å². The van der Waals surface area contributed by atoms with Crippen LogP contribution in [0.25, 0.3) is 5.69 Å². The zero-order valence-electron chi connectivity index (χ0n) is 15.6. The molecule has 0 unspecified atom stereocenters. The molecule has 1 aromatic heterocycles. The normalized spacial score (nSPS) is 11.3. The number of carbonyl (C=O) groups is 1. The van der Waals surface area contributed by atoms with Gasteiger partial charge in [0.1, 0.15) is 17.3 Å². The molecule has 2 rings (SSSR count). The molecule has 0 saturated heterocycles. The van der Waals surface area contributed by atoms with Gasteiger partial charge in [0.15, 0.2) is 0 Å². The van der Waals surface area contributed by atoms with Gasteiger partial charge >= 0.3 is 0 Å². The fourth-order valence-corrected chi connectivity index (χ4v) is 2.43. The number of amides is 1. The summed E-state index contributed by atoms with van der Waals surface area (Å²) in [5, 5.41) is 7.02. The van der Waals surface area contributed by atoms with Crippen molar-refractivity contribution in [3.05, 3.63) is 41.7 Å². The third kappa shape index (κ3) is 4.80. The first-order valence-corrected chi connectivity index (χ1v) is 8.60. The molecule has 0 aliphatic heterocycles. The van der Waals surface area contributed by atoms with E-state index in [1.54, 1.807) is 18.2 Å². The second-order valence-corrected chi connectivity index (χ2v) is 6.56. The average Bonchev–Trinajstić information content (AvgIpc) is 3.05. The fraction of sp³-hybridized carbons (Fsp3) is 0.500. The lowest BCUT2D eigenvalue weighted by Gasteiger charge is -2.26. The van der Waals surface area contributed by atoms with Crippen molar-refractivity contribution < 1.29 is 9.18 Å². The number of nitrogens with zero attached hydrogens (tertiary/aromatic N) is 3. The van der Waals surface area contributed by atoms with E-state index < -0.39 is 17.3 Å². The summed E-state index contributed by atoms with van der Waals surface area (Å²) in [5.74, 6) is -0.303. The van der Waals surface area contributed by atoms with Gasteiger partial charge in [0, 0.05) is 18.0 Å². The smallest absolute Gasteiger partial charge is 0.291 e. The van der Waals surface area contributed by atoms with Crippen molar-refractivity contribution in [2.45, 2.75) is 52.0 Å². The summed E-state index contributed by atoms with van der Waals surface area (Å²) in [6.07, 6.45) is 1.50. The number of nitrogens with two attached hydrogens (primary N) is 1. The maximum Gasteiger partial charge on any atom is 0.291 e. The van der Waals surface area contributed by atoms with E-state index in [2.05, 4.69) is 15.4 Å². The molecule has 0 atom stereocenters. The molecule has 0 aliphatic rings. The fourth-order valence-electron chi connectivity index (χ4n) is 2.43. The first-order chi connectivity index (χ1) is 11.8. The number of aromatic nitrogens is 3. The average molecular weight is 384 g/mol. The van der Waals surface area contributed by atoms with E-state index in [0.29, 0.717) is 12.4 Å². The van der Waals surface area contributed by atoms with Crippen molar-refractivity contribution in [1.82, 2.24) is 20.1 Å². The summed E-state index contributed by atoms with van der Waals surface area (Å²) in [5.41, 5.74) is 6.02. The van der Waals surface area contributed by atoms with Gasteiger partial charge in [-0.05, 0) is 25.0 Å². The van der Waals surface area contributed by atoms with Gasteiger partial charge < -0.3 is 11.1 Å². The molecule has 0 spiro atoms. The Morgan fingerprint density at radius 2 is 1.92 bits per heavy atom. The molecule has 0 aliphatic carbocycles. The Kier molecular flexibility index (Phi) is 7.71. The molecule has 1 amide bonds. The van der Waals surface area contributed by atoms with Crippen LogP contribution >= 0.6 is 12.4 Å². The molecule has 3 N–H and O–H groups in total. The van der Waals surface area contributed by atoms with Crippen LogP contribution in [0.5, 0.6) is 0 Å². The Labute approximate surface area is 159 Å². The van der Waals surface area contributed by atoms with Gasteiger partial charge in [0.25, 0.3) is 5.91 Å². The van der Waals surface area contributed by atoms with Gasteiger partial charge in [-0.25, -0.2) is 14.1 Å². The minimum absolute atomic E-state index is 0. The van der Waals surface area contributed by atoms with Crippen LogP contribution in [0.3, 0.4) is 0 Å². The molecule has 0 saturated carbocycles. The summed E-state index contributed by atoms with van der Waals surface area (Å²) in [7, 11) is 0. The largest absolute Gasteiger partial charge is 0.347 e. The van der Waals surface area contributed by atoms with Gasteiger partial charge in [-0.15, -0.1) is 17.5 Å². The lowest BCUT2D eigenvalue weighted by molar-refractivity contribution is 0.0931. The van der Waals surface area contributed by atoms with Crippen LogP contribution in [0.15, 0.2) is 24.3 Å². The third-order valence-electron chi connectivity index (χ3n) is 4.44. The summed E-state index contributed by atoms with van der Waals surface area (Å²) < 4.78 is 15.5. The highest BCUT2D eigenvalue weighted by Crippen LogP contribution is 2.19. The Morgan fingerprint density at radius 1 is 1.31 bits per heavy atom. The Bertz CT molecular complexity index is 743. The maximum atomic E-state index is 14.1. The van der Waals surface area contributed by atoms with Crippen LogP contribution in [0.2, 0.25) is 0 Å². The number of rotatable bonds is 7. The Hall–Kier alpha value is -1.99. The highest BCUT2D eigenvalue weighted by Gasteiger charge is 2.24. The van der Waals surface area contributed by atoms with E-state index in [4.69, 9.17) is 5.73 Å². The molecule has 0 radical (unpaired) electrons. The predicted octanol–water partition coefficient (Wildman–Crippen LogP) is 3.20. The first-order valence-electron chi connectivity index (χ1n) is 8.60. The topological polar surface area (TPSA) is 85.8 Å². The van der Waals surface area contributed by atoms with Gasteiger partial charge in [-0.3, -0.25) is 4.79 Å². The second kappa shape index (κ2) is 9.09. The molecule has 1 aromatic carbocycles. The molecule has 144 valence electrons. The van der Waals surface area contributed by atoms with E-state index in [1.165, 1.54) is 10.7 Å². The van der Waals surface area contributed by atoms with Gasteiger partial charge in [0.2, 0.25) is 5.82 Å². The van der Waals surface area contributed by atoms with E-state index in [-0.39, 0.29) is 29.8 Å². The molecular weight excluding hydrogens is 357 g/mol. The van der Waals surface area contributed by atoms with Crippen LogP contribution in [-0.4, -0.2) is 32.8 Å². The number of nitrogens with one attached hydrogen (secondary N) is 1. The van der Waals surface area contributed by atoms with Crippen molar-refractivity contribution in [3.63, 3.8) is 0 Å². The van der Waals surface area contributed by atoms with Crippen LogP contribution in [-0.2, 0) is 0 Å². The number of para-hydroxylation sites is 1. The Morgan fingerprint density at radius 3 is 2.46 bits per heavy atom. The van der Waals surface area contributed by atoms with Crippen molar-refractivity contribution in [3.8, 4) is 5.69 Å². The third-order valence-corrected chi connectivity index (χ3v) is 4.44. The number of hydrogen-bond acceptors (Lipinski definition) is 4. The van der Waals surface area contributed by atoms with Crippen molar-refractivity contribution in [2.75, 3.05) is 6.54 Å². The maximum absolute atomic E-state index is 14.1. The van der Waals surface area contributed by atoms with Crippen LogP contribution in [0.1, 0.15) is 62.9 Å². The minimum Gasteiger partial charge on any atom is -0.347 e. The lowest BCUT2D eigenvalue weighted by atomic mass is 9.94. The van der Waals surface area contributed by atoms with Gasteiger partial charge in [-0.2, -0.15) is 0 Å². The monoisotopic (exact) mass is 383 g/mol. The standard InChI is InChI=1S/C18H26FN5O.ClH/c1-5-18(20,6-2)11-21-17(25)15-22-16(12(3)4)24(23-15)14-10-8-7-9-13(14)19;/h7-10,12H,5-6,11,20H2,1-4H3,(H,21,25);1H. The van der Waals surface area contributed by atoms with Crippen molar-refractivity contribution in [2.24, 2.45) is 5.73 Å². The van der Waals surface area contributed by atoms with Crippen molar-refractivity contribution >= 4 is 18.3 Å². The number of hydrogen-bond donors (Lipinski definition) is 2. The molecule has 0 bridgehead atoms. The summed E-state index contributed by atoms with van der Waals surface area (Å²) in [6, 6.07) is 6.28. The quantitative estimate of drug-likeness (QED) is 0.768. The zero-order valence-corrected chi connectivity index (χ0v) is 16.4. The van der Waals surface area contributed by atoms with Crippen molar-refractivity contribution in [1.29, 1.82) is 0 Å².